The van der Waals surface area contributed by atoms with Crippen LogP contribution in [0.1, 0.15) is 12.5 Å². The summed E-state index contributed by atoms with van der Waals surface area (Å²) in [5, 5.41) is 0.687. The van der Waals surface area contributed by atoms with E-state index >= 15 is 0 Å². The molecule has 0 saturated heterocycles. The average molecular weight is 184 g/mol. The fraction of sp³-hybridized carbons (Fsp3) is 0.333. The highest BCUT2D eigenvalue weighted by molar-refractivity contribution is 6.30. The number of rotatable bonds is 0. The molecule has 1 aliphatic rings. The summed E-state index contributed by atoms with van der Waals surface area (Å²) in [5.74, 6) is 0.813. The fourth-order valence-corrected chi connectivity index (χ4v) is 1.55. The van der Waals surface area contributed by atoms with Gasteiger partial charge in [0.15, 0.2) is 0 Å². The maximum atomic E-state index is 5.97. The van der Waals surface area contributed by atoms with Crippen LogP contribution < -0.4 is 10.5 Å². The number of benzene rings is 1. The molecule has 0 amide bonds. The number of ether oxygens (including phenoxy) is 1. The molecular weight excluding hydrogens is 174 g/mol. The van der Waals surface area contributed by atoms with Crippen molar-refractivity contribution in [2.75, 3.05) is 6.61 Å². The van der Waals surface area contributed by atoms with Gasteiger partial charge >= 0.3 is 0 Å². The van der Waals surface area contributed by atoms with Gasteiger partial charge in [0.1, 0.15) is 12.4 Å². The Morgan fingerprint density at radius 2 is 2.33 bits per heavy atom. The molecule has 0 bridgehead atoms. The van der Waals surface area contributed by atoms with Crippen LogP contribution in [-0.2, 0) is 5.54 Å². The zero-order valence-corrected chi connectivity index (χ0v) is 7.56. The molecule has 1 heterocycles. The van der Waals surface area contributed by atoms with Gasteiger partial charge in [-0.15, -0.1) is 0 Å². The number of hydrogen-bond donors (Lipinski definition) is 1. The molecule has 1 aromatic carbocycles. The highest BCUT2D eigenvalue weighted by Gasteiger charge is 2.31. The van der Waals surface area contributed by atoms with Crippen molar-refractivity contribution in [1.82, 2.24) is 0 Å². The molecule has 1 aromatic rings. The van der Waals surface area contributed by atoms with Crippen LogP contribution in [0.2, 0.25) is 5.02 Å². The number of hydrogen-bond acceptors (Lipinski definition) is 2. The first kappa shape index (κ1) is 7.90. The lowest BCUT2D eigenvalue weighted by atomic mass is 9.96. The highest BCUT2D eigenvalue weighted by atomic mass is 35.5. The van der Waals surface area contributed by atoms with E-state index in [1.807, 2.05) is 19.1 Å². The van der Waals surface area contributed by atoms with Crippen LogP contribution >= 0.6 is 11.6 Å². The summed E-state index contributed by atoms with van der Waals surface area (Å²) in [4.78, 5) is 0. The van der Waals surface area contributed by atoms with Crippen LogP contribution in [0.25, 0.3) is 0 Å². The van der Waals surface area contributed by atoms with Crippen molar-refractivity contribution in [2.24, 2.45) is 5.73 Å². The fourth-order valence-electron chi connectivity index (χ4n) is 1.39. The van der Waals surface area contributed by atoms with Gasteiger partial charge in [-0.3, -0.25) is 0 Å². The zero-order chi connectivity index (χ0) is 8.77. The Kier molecular flexibility index (Phi) is 1.56. The largest absolute Gasteiger partial charge is 0.491 e. The second kappa shape index (κ2) is 2.38. The predicted molar refractivity (Wildman–Crippen MR) is 48.5 cm³/mol. The van der Waals surface area contributed by atoms with Crippen molar-refractivity contribution < 1.29 is 4.74 Å². The van der Waals surface area contributed by atoms with Gasteiger partial charge in [-0.2, -0.15) is 0 Å². The number of halogens is 1. The normalized spacial score (nSPS) is 26.6. The quantitative estimate of drug-likeness (QED) is 0.667. The van der Waals surface area contributed by atoms with Crippen LogP contribution in [0.3, 0.4) is 0 Å². The lowest BCUT2D eigenvalue weighted by molar-refractivity contribution is 0.283. The predicted octanol–water partition coefficient (Wildman–Crippen LogP) is 1.91. The second-order valence-corrected chi connectivity index (χ2v) is 3.78. The van der Waals surface area contributed by atoms with E-state index in [1.165, 1.54) is 0 Å². The second-order valence-electron chi connectivity index (χ2n) is 3.35. The number of fused-ring (bicyclic) bond motifs is 1. The van der Waals surface area contributed by atoms with Crippen molar-refractivity contribution in [3.63, 3.8) is 0 Å². The minimum atomic E-state index is -0.361. The van der Waals surface area contributed by atoms with Gasteiger partial charge in [-0.05, 0) is 19.1 Å². The summed E-state index contributed by atoms with van der Waals surface area (Å²) in [6, 6.07) is 5.56. The van der Waals surface area contributed by atoms with Crippen LogP contribution in [0.5, 0.6) is 5.75 Å². The molecular formula is C9H10ClNO. The third-order valence-electron chi connectivity index (χ3n) is 2.09. The average Bonchev–Trinajstić information content (AvgIpc) is 2.27. The third-order valence-corrected chi connectivity index (χ3v) is 2.32. The molecule has 1 atom stereocenters. The van der Waals surface area contributed by atoms with E-state index < -0.39 is 0 Å². The lowest BCUT2D eigenvalue weighted by Crippen LogP contribution is -2.34. The molecule has 0 radical (unpaired) electrons. The Balaban J connectivity index is 2.55. The minimum absolute atomic E-state index is 0.361. The lowest BCUT2D eigenvalue weighted by Gasteiger charge is -2.14. The van der Waals surface area contributed by atoms with Gasteiger partial charge < -0.3 is 10.5 Å². The first-order valence-electron chi connectivity index (χ1n) is 3.81. The highest BCUT2D eigenvalue weighted by Crippen LogP contribution is 2.36. The van der Waals surface area contributed by atoms with Gasteiger partial charge in [0.05, 0.1) is 5.54 Å². The maximum absolute atomic E-state index is 5.97. The monoisotopic (exact) mass is 183 g/mol. The van der Waals surface area contributed by atoms with Crippen LogP contribution in [0.4, 0.5) is 0 Å². The summed E-state index contributed by atoms with van der Waals surface area (Å²) < 4.78 is 5.39. The van der Waals surface area contributed by atoms with Crippen molar-refractivity contribution in [1.29, 1.82) is 0 Å². The molecule has 12 heavy (non-hydrogen) atoms. The summed E-state index contributed by atoms with van der Waals surface area (Å²) in [7, 11) is 0. The van der Waals surface area contributed by atoms with Gasteiger partial charge in [0, 0.05) is 10.6 Å². The first-order chi connectivity index (χ1) is 5.59. The molecule has 0 saturated carbocycles. The molecule has 2 rings (SSSR count). The van der Waals surface area contributed by atoms with Gasteiger partial charge in [0.2, 0.25) is 0 Å². The van der Waals surface area contributed by atoms with Crippen molar-refractivity contribution in [3.05, 3.63) is 28.8 Å². The van der Waals surface area contributed by atoms with Crippen molar-refractivity contribution in [3.8, 4) is 5.75 Å². The van der Waals surface area contributed by atoms with E-state index in [9.17, 15) is 0 Å². The van der Waals surface area contributed by atoms with Gasteiger partial charge in [0.25, 0.3) is 0 Å². The molecule has 0 fully saturated rings. The summed E-state index contributed by atoms with van der Waals surface area (Å²) >= 11 is 5.80. The Morgan fingerprint density at radius 3 is 3.08 bits per heavy atom. The van der Waals surface area contributed by atoms with Crippen molar-refractivity contribution >= 4 is 11.6 Å². The summed E-state index contributed by atoms with van der Waals surface area (Å²) in [6.45, 7) is 2.48. The summed E-state index contributed by atoms with van der Waals surface area (Å²) in [6.07, 6.45) is 0. The zero-order valence-electron chi connectivity index (χ0n) is 6.80. The minimum Gasteiger partial charge on any atom is -0.491 e. The smallest absolute Gasteiger partial charge is 0.126 e. The maximum Gasteiger partial charge on any atom is 0.126 e. The van der Waals surface area contributed by atoms with Crippen molar-refractivity contribution in [2.45, 2.75) is 12.5 Å². The Morgan fingerprint density at radius 1 is 1.58 bits per heavy atom. The Bertz CT molecular complexity index is 322. The first-order valence-corrected chi connectivity index (χ1v) is 4.19. The van der Waals surface area contributed by atoms with E-state index in [1.54, 1.807) is 6.07 Å². The summed E-state index contributed by atoms with van der Waals surface area (Å²) in [5.41, 5.74) is 6.64. The molecule has 0 aliphatic carbocycles. The van der Waals surface area contributed by atoms with E-state index in [0.29, 0.717) is 11.6 Å². The van der Waals surface area contributed by atoms with Gasteiger partial charge in [-0.25, -0.2) is 0 Å². The molecule has 0 spiro atoms. The van der Waals surface area contributed by atoms with Crippen LogP contribution in [0.15, 0.2) is 18.2 Å². The molecule has 0 aromatic heterocycles. The van der Waals surface area contributed by atoms with E-state index in [2.05, 4.69) is 0 Å². The molecule has 1 unspecified atom stereocenters. The molecule has 1 aliphatic heterocycles. The van der Waals surface area contributed by atoms with Crippen LogP contribution in [0, 0.1) is 0 Å². The number of nitrogens with two attached hydrogens (primary N) is 1. The standard InChI is InChI=1S/C9H10ClNO/c1-9(11)5-12-8-4-6(10)2-3-7(8)9/h2-4H,5,11H2,1H3. The van der Waals surface area contributed by atoms with Gasteiger partial charge in [-0.1, -0.05) is 17.7 Å². The Labute approximate surface area is 76.3 Å². The van der Waals surface area contributed by atoms with E-state index in [0.717, 1.165) is 11.3 Å². The SMILES string of the molecule is CC1(N)COc2cc(Cl)ccc21. The molecule has 2 nitrogen and oxygen atoms in total. The van der Waals surface area contributed by atoms with E-state index in [4.69, 9.17) is 22.1 Å². The molecule has 2 N–H and O–H groups in total. The van der Waals surface area contributed by atoms with E-state index in [-0.39, 0.29) is 5.54 Å². The topological polar surface area (TPSA) is 35.2 Å². The van der Waals surface area contributed by atoms with Crippen LogP contribution in [-0.4, -0.2) is 6.61 Å². The third kappa shape index (κ3) is 1.08. The molecule has 3 heteroatoms. The Hall–Kier alpha value is -0.730. The molecule has 64 valence electrons.